The van der Waals surface area contributed by atoms with Gasteiger partial charge in [0.05, 0.1) is 24.4 Å². The lowest BCUT2D eigenvalue weighted by Gasteiger charge is -2.25. The maximum Gasteiger partial charge on any atom is 0.0953 e. The second-order valence-corrected chi connectivity index (χ2v) is 4.57. The van der Waals surface area contributed by atoms with Gasteiger partial charge >= 0.3 is 0 Å². The Hall–Kier alpha value is -1.62. The first-order valence-electron chi connectivity index (χ1n) is 6.06. The standard InChI is InChI=1S/C12H17N5/c1-16-8-10(6-15-16)12-7-14-9-17(12)11-2-4-13-5-3-11/h6-9,11,13H,2-5H2,1H3. The Labute approximate surface area is 100 Å². The lowest BCUT2D eigenvalue weighted by atomic mass is 10.1. The molecule has 1 aliphatic heterocycles. The normalized spacial score (nSPS) is 17.5. The maximum atomic E-state index is 4.29. The summed E-state index contributed by atoms with van der Waals surface area (Å²) in [6, 6.07) is 0.564. The minimum atomic E-state index is 0.564. The van der Waals surface area contributed by atoms with Gasteiger partial charge in [-0.3, -0.25) is 4.68 Å². The van der Waals surface area contributed by atoms with E-state index in [0.29, 0.717) is 6.04 Å². The molecule has 3 heterocycles. The summed E-state index contributed by atoms with van der Waals surface area (Å²) in [7, 11) is 1.94. The van der Waals surface area contributed by atoms with Crippen molar-refractivity contribution in [2.24, 2.45) is 7.05 Å². The molecule has 0 saturated carbocycles. The van der Waals surface area contributed by atoms with E-state index < -0.39 is 0 Å². The summed E-state index contributed by atoms with van der Waals surface area (Å²) in [4.78, 5) is 4.29. The molecule has 0 unspecified atom stereocenters. The van der Waals surface area contributed by atoms with E-state index in [1.807, 2.05) is 36.6 Å². The molecule has 0 aromatic carbocycles. The monoisotopic (exact) mass is 231 g/mol. The number of hydrogen-bond acceptors (Lipinski definition) is 3. The van der Waals surface area contributed by atoms with Crippen LogP contribution in [0.15, 0.2) is 24.9 Å². The second kappa shape index (κ2) is 4.33. The van der Waals surface area contributed by atoms with E-state index in [9.17, 15) is 0 Å². The van der Waals surface area contributed by atoms with Crippen molar-refractivity contribution >= 4 is 0 Å². The first kappa shape index (κ1) is 10.5. The van der Waals surface area contributed by atoms with Crippen molar-refractivity contribution in [3.63, 3.8) is 0 Å². The summed E-state index contributed by atoms with van der Waals surface area (Å²) in [5, 5.41) is 7.61. The zero-order chi connectivity index (χ0) is 11.7. The van der Waals surface area contributed by atoms with Crippen LogP contribution < -0.4 is 5.32 Å². The number of nitrogens with one attached hydrogen (secondary N) is 1. The van der Waals surface area contributed by atoms with Crippen LogP contribution in [-0.2, 0) is 7.05 Å². The van der Waals surface area contributed by atoms with Crippen molar-refractivity contribution in [2.45, 2.75) is 18.9 Å². The molecule has 1 N–H and O–H groups in total. The fraction of sp³-hybridized carbons (Fsp3) is 0.500. The third kappa shape index (κ3) is 1.98. The van der Waals surface area contributed by atoms with Crippen molar-refractivity contribution in [3.8, 4) is 11.3 Å². The van der Waals surface area contributed by atoms with Crippen LogP contribution in [0, 0.1) is 0 Å². The fourth-order valence-corrected chi connectivity index (χ4v) is 2.46. The number of aromatic nitrogens is 4. The molecule has 2 aromatic rings. The van der Waals surface area contributed by atoms with E-state index in [2.05, 4.69) is 20.0 Å². The van der Waals surface area contributed by atoms with Gasteiger partial charge in [-0.1, -0.05) is 0 Å². The molecule has 0 aliphatic carbocycles. The molecule has 17 heavy (non-hydrogen) atoms. The van der Waals surface area contributed by atoms with Crippen LogP contribution in [0.25, 0.3) is 11.3 Å². The molecule has 5 nitrogen and oxygen atoms in total. The van der Waals surface area contributed by atoms with Gasteiger partial charge in [-0.05, 0) is 25.9 Å². The zero-order valence-electron chi connectivity index (χ0n) is 10.0. The molecule has 0 amide bonds. The Morgan fingerprint density at radius 3 is 2.82 bits per heavy atom. The minimum Gasteiger partial charge on any atom is -0.327 e. The van der Waals surface area contributed by atoms with Crippen molar-refractivity contribution in [2.75, 3.05) is 13.1 Å². The van der Waals surface area contributed by atoms with Crippen molar-refractivity contribution in [1.29, 1.82) is 0 Å². The van der Waals surface area contributed by atoms with Gasteiger partial charge in [0, 0.05) is 24.8 Å². The molecule has 0 spiro atoms. The van der Waals surface area contributed by atoms with E-state index in [4.69, 9.17) is 0 Å². The van der Waals surface area contributed by atoms with Crippen LogP contribution in [0.5, 0.6) is 0 Å². The van der Waals surface area contributed by atoms with Gasteiger partial charge in [-0.25, -0.2) is 4.98 Å². The number of aryl methyl sites for hydroxylation is 1. The van der Waals surface area contributed by atoms with Crippen LogP contribution >= 0.6 is 0 Å². The lowest BCUT2D eigenvalue weighted by molar-refractivity contribution is 0.370. The number of hydrogen-bond donors (Lipinski definition) is 1. The van der Waals surface area contributed by atoms with Crippen molar-refractivity contribution in [1.82, 2.24) is 24.6 Å². The van der Waals surface area contributed by atoms with Gasteiger partial charge in [0.2, 0.25) is 0 Å². The van der Waals surface area contributed by atoms with E-state index in [1.165, 1.54) is 18.5 Å². The molecule has 1 saturated heterocycles. The average molecular weight is 231 g/mol. The van der Waals surface area contributed by atoms with E-state index in [1.54, 1.807) is 0 Å². The summed E-state index contributed by atoms with van der Waals surface area (Å²) >= 11 is 0. The van der Waals surface area contributed by atoms with Gasteiger partial charge in [-0.2, -0.15) is 5.10 Å². The van der Waals surface area contributed by atoms with Gasteiger partial charge < -0.3 is 9.88 Å². The first-order valence-corrected chi connectivity index (χ1v) is 6.06. The molecular formula is C12H17N5. The topological polar surface area (TPSA) is 47.7 Å². The summed E-state index contributed by atoms with van der Waals surface area (Å²) in [6.45, 7) is 2.19. The zero-order valence-corrected chi connectivity index (χ0v) is 10.0. The fourth-order valence-electron chi connectivity index (χ4n) is 2.46. The molecule has 0 bridgehead atoms. The predicted octanol–water partition coefficient (Wildman–Crippen LogP) is 1.21. The highest BCUT2D eigenvalue weighted by atomic mass is 15.2. The Balaban J connectivity index is 1.93. The number of piperidine rings is 1. The van der Waals surface area contributed by atoms with E-state index in [-0.39, 0.29) is 0 Å². The molecule has 0 atom stereocenters. The molecule has 90 valence electrons. The largest absolute Gasteiger partial charge is 0.327 e. The third-order valence-corrected chi connectivity index (χ3v) is 3.37. The van der Waals surface area contributed by atoms with Gasteiger partial charge in [0.1, 0.15) is 0 Å². The van der Waals surface area contributed by atoms with Crippen LogP contribution in [0.4, 0.5) is 0 Å². The lowest BCUT2D eigenvalue weighted by Crippen LogP contribution is -2.29. The highest BCUT2D eigenvalue weighted by molar-refractivity contribution is 5.56. The summed E-state index contributed by atoms with van der Waals surface area (Å²) in [5.74, 6) is 0. The molecular weight excluding hydrogens is 214 g/mol. The molecule has 1 aliphatic rings. The predicted molar refractivity (Wildman–Crippen MR) is 65.6 cm³/mol. The van der Waals surface area contributed by atoms with Gasteiger partial charge in [-0.15, -0.1) is 0 Å². The van der Waals surface area contributed by atoms with Crippen LogP contribution in [0.3, 0.4) is 0 Å². The second-order valence-electron chi connectivity index (χ2n) is 4.57. The Morgan fingerprint density at radius 1 is 1.29 bits per heavy atom. The van der Waals surface area contributed by atoms with Crippen molar-refractivity contribution in [3.05, 3.63) is 24.9 Å². The van der Waals surface area contributed by atoms with Crippen molar-refractivity contribution < 1.29 is 0 Å². The molecule has 1 fully saturated rings. The number of nitrogens with zero attached hydrogens (tertiary/aromatic N) is 4. The highest BCUT2D eigenvalue weighted by Gasteiger charge is 2.18. The Kier molecular flexibility index (Phi) is 2.68. The Morgan fingerprint density at radius 2 is 2.12 bits per heavy atom. The van der Waals surface area contributed by atoms with E-state index in [0.717, 1.165) is 18.7 Å². The molecule has 2 aromatic heterocycles. The van der Waals surface area contributed by atoms with E-state index >= 15 is 0 Å². The molecule has 0 radical (unpaired) electrons. The maximum absolute atomic E-state index is 4.29. The average Bonchev–Trinajstić information content (AvgIpc) is 2.98. The molecule has 3 rings (SSSR count). The minimum absolute atomic E-state index is 0.564. The molecule has 5 heteroatoms. The van der Waals surface area contributed by atoms with Crippen LogP contribution in [0.2, 0.25) is 0 Å². The Bertz CT molecular complexity index is 492. The highest BCUT2D eigenvalue weighted by Crippen LogP contribution is 2.26. The summed E-state index contributed by atoms with van der Waals surface area (Å²) in [5.41, 5.74) is 2.31. The summed E-state index contributed by atoms with van der Waals surface area (Å²) in [6.07, 6.45) is 10.1. The third-order valence-electron chi connectivity index (χ3n) is 3.37. The van der Waals surface area contributed by atoms with Crippen LogP contribution in [0.1, 0.15) is 18.9 Å². The van der Waals surface area contributed by atoms with Gasteiger partial charge in [0.15, 0.2) is 0 Å². The number of rotatable bonds is 2. The SMILES string of the molecule is Cn1cc(-c2cncn2C2CCNCC2)cn1. The number of imidazole rings is 1. The summed E-state index contributed by atoms with van der Waals surface area (Å²) < 4.78 is 4.12. The van der Waals surface area contributed by atoms with Crippen LogP contribution in [-0.4, -0.2) is 32.4 Å². The van der Waals surface area contributed by atoms with Gasteiger partial charge in [0.25, 0.3) is 0 Å². The first-order chi connectivity index (χ1) is 8.34. The smallest absolute Gasteiger partial charge is 0.0953 e. The quantitative estimate of drug-likeness (QED) is 0.845.